The van der Waals surface area contributed by atoms with E-state index in [1.54, 1.807) is 0 Å². The van der Waals surface area contributed by atoms with Gasteiger partial charge in [0.1, 0.15) is 0 Å². The van der Waals surface area contributed by atoms with E-state index in [9.17, 15) is 0 Å². The minimum absolute atomic E-state index is 0. The molecule has 0 unspecified atom stereocenters. The lowest BCUT2D eigenvalue weighted by atomic mass is 10.0. The van der Waals surface area contributed by atoms with Crippen LogP contribution in [0.25, 0.3) is 0 Å². The number of rotatable bonds is 0. The van der Waals surface area contributed by atoms with E-state index in [1.165, 1.54) is 225 Å². The molecule has 0 aromatic heterocycles. The molecule has 12 heteroatoms. The van der Waals surface area contributed by atoms with E-state index < -0.39 is 0 Å². The van der Waals surface area contributed by atoms with Crippen molar-refractivity contribution in [3.05, 3.63) is 0 Å². The van der Waals surface area contributed by atoms with Crippen molar-refractivity contribution >= 4 is 0 Å². The van der Waals surface area contributed by atoms with E-state index in [0.717, 1.165) is 112 Å². The van der Waals surface area contributed by atoms with Crippen LogP contribution < -0.4 is 21.3 Å². The van der Waals surface area contributed by atoms with Crippen molar-refractivity contribution in [2.24, 2.45) is 0 Å². The van der Waals surface area contributed by atoms with E-state index in [0.29, 0.717) is 0 Å². The zero-order valence-electron chi connectivity index (χ0n) is 42.0. The second kappa shape index (κ2) is 61.5. The molecule has 0 radical (unpaired) electrons. The van der Waals surface area contributed by atoms with Crippen LogP contribution in [0.2, 0.25) is 0 Å². The van der Waals surface area contributed by atoms with Gasteiger partial charge in [0.25, 0.3) is 0 Å². The highest BCUT2D eigenvalue weighted by molar-refractivity contribution is 4.57. The molecule has 2 saturated carbocycles. The van der Waals surface area contributed by atoms with E-state index in [1.807, 2.05) is 0 Å². The van der Waals surface area contributed by atoms with Crippen LogP contribution in [0.3, 0.4) is 0 Å². The van der Waals surface area contributed by atoms with Crippen molar-refractivity contribution in [2.75, 3.05) is 152 Å². The fourth-order valence-corrected chi connectivity index (χ4v) is 7.06. The predicted octanol–water partition coefficient (Wildman–Crippen LogP) is 10.4. The van der Waals surface area contributed by atoms with Gasteiger partial charge in [-0.15, -0.1) is 0 Å². The van der Waals surface area contributed by atoms with Crippen molar-refractivity contribution in [2.45, 2.75) is 194 Å². The van der Waals surface area contributed by atoms with Gasteiger partial charge in [-0.3, -0.25) is 5.32 Å². The highest BCUT2D eigenvalue weighted by atomic mass is 16.6. The van der Waals surface area contributed by atoms with Gasteiger partial charge in [0, 0.05) is 72.6 Å². The van der Waals surface area contributed by atoms with Gasteiger partial charge < -0.3 is 53.8 Å². The monoisotopic (exact) mass is 933 g/mol. The normalized spacial score (nSPS) is 23.6. The average molecular weight is 933 g/mol. The highest BCUT2D eigenvalue weighted by Gasteiger charge is 2.00. The maximum atomic E-state index is 5.07. The van der Waals surface area contributed by atoms with E-state index in [2.05, 4.69) is 21.3 Å². The molecule has 12 aliphatic rings. The first-order valence-corrected chi connectivity index (χ1v) is 27.4. The van der Waals surface area contributed by atoms with Gasteiger partial charge in [-0.2, -0.15) is 0 Å². The molecule has 392 valence electrons. The summed E-state index contributed by atoms with van der Waals surface area (Å²) >= 11 is 0. The summed E-state index contributed by atoms with van der Waals surface area (Å²) in [5, 5.41) is 12.6. The third-order valence-corrected chi connectivity index (χ3v) is 11.6. The lowest BCUT2D eigenvalue weighted by molar-refractivity contribution is -0.0334. The Balaban J connectivity index is 0.000000688. The Labute approximate surface area is 403 Å². The third-order valence-electron chi connectivity index (χ3n) is 11.6. The molecule has 0 aromatic carbocycles. The van der Waals surface area contributed by atoms with Crippen LogP contribution in [0.15, 0.2) is 0 Å². The van der Waals surface area contributed by atoms with Gasteiger partial charge >= 0.3 is 0 Å². The summed E-state index contributed by atoms with van der Waals surface area (Å²) in [4.78, 5) is 0. The maximum absolute atomic E-state index is 5.07. The Hall–Kier alpha value is -0.480. The largest absolute Gasteiger partial charge is 0.381 e. The van der Waals surface area contributed by atoms with Crippen LogP contribution >= 0.6 is 0 Å². The van der Waals surface area contributed by atoms with Crippen LogP contribution in [-0.4, -0.2) is 152 Å². The smallest absolute Gasteiger partial charge is 0.0966 e. The Morgan fingerprint density at radius 3 is 0.477 bits per heavy atom. The van der Waals surface area contributed by atoms with Crippen LogP contribution in [0.5, 0.6) is 0 Å². The standard InChI is InChI=1S/C6H12.C5H11N.3C5H10O.C5H10.C4H9N.C4H8O2.C4H8O.C3H7NO.C3H7N.C3H6O.CH4/c5*1-2-4-6-5-3-1;2*1-2-4-5-3-1;1-2-6-4-3-5-1;1-2-4-5-3-1;1-2-5-3-4-1;2*1-2-4-3-1;/h1-6H2;6H,1-5H2;3*1-5H2;1-5H2;5H,1-4H2;1-4H2;1-4H2;4H,1-3H2;4H,1-3H2;1-3H2;1H4. The molecule has 2 aliphatic carbocycles. The Bertz CT molecular complexity index is 527. The molecule has 10 aliphatic heterocycles. The molecule has 0 aromatic rings. The summed E-state index contributed by atoms with van der Waals surface area (Å²) in [6, 6.07) is 0. The molecule has 4 N–H and O–H groups in total. The third kappa shape index (κ3) is 59.6. The zero-order chi connectivity index (χ0) is 45.3. The van der Waals surface area contributed by atoms with Crippen LogP contribution in [0.1, 0.15) is 194 Å². The lowest BCUT2D eigenvalue weighted by Crippen LogP contribution is -2.29. The van der Waals surface area contributed by atoms with Crippen LogP contribution in [-0.2, 0) is 37.9 Å². The molecule has 0 amide bonds. The summed E-state index contributed by atoms with van der Waals surface area (Å²) in [6.45, 7) is 23.3. The minimum Gasteiger partial charge on any atom is -0.381 e. The number of nitrogens with one attached hydrogen (secondary N) is 4. The first-order valence-electron chi connectivity index (χ1n) is 27.4. The molecule has 0 bridgehead atoms. The summed E-state index contributed by atoms with van der Waals surface area (Å²) in [6.07, 6.45) is 40.5. The summed E-state index contributed by atoms with van der Waals surface area (Å²) in [5.41, 5.74) is 0. The minimum atomic E-state index is 0. The quantitative estimate of drug-likeness (QED) is 0.185. The number of piperidine rings is 1. The van der Waals surface area contributed by atoms with Crippen molar-refractivity contribution < 1.29 is 37.9 Å². The molecular weight excluding hydrogens is 821 g/mol. The lowest BCUT2D eigenvalue weighted by Gasteiger charge is -2.09. The van der Waals surface area contributed by atoms with Gasteiger partial charge in [-0.1, -0.05) is 84.5 Å². The summed E-state index contributed by atoms with van der Waals surface area (Å²) in [7, 11) is 0. The molecule has 10 saturated heterocycles. The second-order valence-corrected chi connectivity index (χ2v) is 17.8. The van der Waals surface area contributed by atoms with Gasteiger partial charge in [-0.05, 0) is 148 Å². The van der Waals surface area contributed by atoms with E-state index in [4.69, 9.17) is 37.9 Å². The van der Waals surface area contributed by atoms with Crippen LogP contribution in [0, 0.1) is 0 Å². The summed E-state index contributed by atoms with van der Waals surface area (Å²) in [5.74, 6) is 0. The number of hydrogen-bond donors (Lipinski definition) is 4. The van der Waals surface area contributed by atoms with Crippen molar-refractivity contribution in [3.63, 3.8) is 0 Å². The summed E-state index contributed by atoms with van der Waals surface area (Å²) < 4.78 is 39.6. The van der Waals surface area contributed by atoms with Gasteiger partial charge in [0.15, 0.2) is 0 Å². The first-order chi connectivity index (χ1) is 32.0. The van der Waals surface area contributed by atoms with E-state index >= 15 is 0 Å². The van der Waals surface area contributed by atoms with Crippen molar-refractivity contribution in [1.82, 2.24) is 21.3 Å². The fourth-order valence-electron chi connectivity index (χ4n) is 7.06. The fraction of sp³-hybridized carbons (Fsp3) is 1.00. The first kappa shape index (κ1) is 64.5. The molecule has 10 heterocycles. The highest BCUT2D eigenvalue weighted by Crippen LogP contribution is 2.16. The van der Waals surface area contributed by atoms with Gasteiger partial charge in [0.2, 0.25) is 0 Å². The predicted molar refractivity (Wildman–Crippen MR) is 274 cm³/mol. The molecule has 0 atom stereocenters. The molecular formula is C53H112N4O8. The Morgan fingerprint density at radius 1 is 0.154 bits per heavy atom. The Morgan fingerprint density at radius 2 is 0.369 bits per heavy atom. The average Bonchev–Trinajstić information content (AvgIpc) is 4.23. The number of hydrogen-bond acceptors (Lipinski definition) is 12. The van der Waals surface area contributed by atoms with Gasteiger partial charge in [0.05, 0.1) is 39.8 Å². The number of ether oxygens (including phenoxy) is 8. The van der Waals surface area contributed by atoms with Crippen LogP contribution in [0.4, 0.5) is 0 Å². The zero-order valence-corrected chi connectivity index (χ0v) is 42.0. The molecule has 65 heavy (non-hydrogen) atoms. The Kier molecular flexibility index (Phi) is 61.1. The van der Waals surface area contributed by atoms with Crippen molar-refractivity contribution in [1.29, 1.82) is 0 Å². The molecule has 0 spiro atoms. The van der Waals surface area contributed by atoms with Crippen molar-refractivity contribution in [3.8, 4) is 0 Å². The molecule has 12 nitrogen and oxygen atoms in total. The van der Waals surface area contributed by atoms with Gasteiger partial charge in [-0.25, -0.2) is 0 Å². The SMILES string of the molecule is C.C1CCCC1.C1CCCCC1.C1CCNC1.C1CCNCC1.C1CCOC1.C1CCOCC1.C1CCOCC1.C1CCOCC1.C1CNC1.C1COC1.C1COCCO1.C1COCN1. The second-order valence-electron chi connectivity index (χ2n) is 17.8. The van der Waals surface area contributed by atoms with E-state index in [-0.39, 0.29) is 7.43 Å². The topological polar surface area (TPSA) is 122 Å². The molecule has 12 fully saturated rings. The molecule has 12 rings (SSSR count). The maximum Gasteiger partial charge on any atom is 0.0966 e.